The molecule has 0 aliphatic heterocycles. The van der Waals surface area contributed by atoms with E-state index in [1.807, 2.05) is 65.5 Å². The first-order chi connectivity index (χ1) is 13.3. The average molecular weight is 351 g/mol. The largest absolute Gasteiger partial charge is 0.507 e. The molecule has 5 aromatic rings. The average Bonchev–Trinajstić information content (AvgIpc) is 3.32. The molecule has 0 atom stereocenters. The molecule has 5 rings (SSSR count). The van der Waals surface area contributed by atoms with E-state index in [1.54, 1.807) is 6.07 Å². The van der Waals surface area contributed by atoms with Crippen LogP contribution in [0.2, 0.25) is 0 Å². The number of para-hydroxylation sites is 2. The van der Waals surface area contributed by atoms with Gasteiger partial charge in [0.1, 0.15) is 5.75 Å². The van der Waals surface area contributed by atoms with Crippen molar-refractivity contribution in [2.24, 2.45) is 0 Å². The Hall–Kier alpha value is -3.79. The lowest BCUT2D eigenvalue weighted by Gasteiger charge is -2.07. The molecule has 0 saturated heterocycles. The minimum Gasteiger partial charge on any atom is -0.507 e. The second-order valence-electron chi connectivity index (χ2n) is 6.49. The Bertz CT molecular complexity index is 1290. The van der Waals surface area contributed by atoms with E-state index in [1.165, 1.54) is 0 Å². The predicted octanol–water partition coefficient (Wildman–Crippen LogP) is 5.38. The van der Waals surface area contributed by atoms with Gasteiger partial charge in [-0.05, 0) is 29.8 Å². The van der Waals surface area contributed by atoms with Crippen molar-refractivity contribution in [2.75, 3.05) is 0 Å². The smallest absolute Gasteiger partial charge is 0.124 e. The van der Waals surface area contributed by atoms with Gasteiger partial charge < -0.3 is 9.67 Å². The van der Waals surface area contributed by atoms with Crippen LogP contribution < -0.4 is 0 Å². The van der Waals surface area contributed by atoms with E-state index in [9.17, 15) is 5.11 Å². The minimum atomic E-state index is 0.294. The van der Waals surface area contributed by atoms with Gasteiger partial charge in [0.05, 0.1) is 16.9 Å². The van der Waals surface area contributed by atoms with E-state index in [2.05, 4.69) is 34.5 Å². The van der Waals surface area contributed by atoms with E-state index in [-0.39, 0.29) is 0 Å². The molecule has 2 heterocycles. The number of benzene rings is 3. The van der Waals surface area contributed by atoms with Crippen LogP contribution in [0.3, 0.4) is 0 Å². The summed E-state index contributed by atoms with van der Waals surface area (Å²) >= 11 is 0. The first-order valence-corrected chi connectivity index (χ1v) is 8.80. The molecule has 0 amide bonds. The van der Waals surface area contributed by atoms with Gasteiger partial charge in [0, 0.05) is 28.6 Å². The summed E-state index contributed by atoms with van der Waals surface area (Å²) in [7, 11) is 0. The Morgan fingerprint density at radius 1 is 0.815 bits per heavy atom. The van der Waals surface area contributed by atoms with Gasteiger partial charge >= 0.3 is 0 Å². The third kappa shape index (κ3) is 2.68. The van der Waals surface area contributed by atoms with Crippen LogP contribution in [0.5, 0.6) is 5.75 Å². The maximum atomic E-state index is 10.1. The summed E-state index contributed by atoms with van der Waals surface area (Å²) in [5.41, 5.74) is 4.06. The highest BCUT2D eigenvalue weighted by Gasteiger charge is 2.07. The van der Waals surface area contributed by atoms with Crippen LogP contribution in [-0.4, -0.2) is 19.9 Å². The molecular formula is C23H17N3O. The number of rotatable bonds is 3. The standard InChI is InChI=1S/C23H17N3O/c27-23-11-5-7-17-14-26(15-19(17)23)22-10-4-1-6-16(22)12-13-21-18-8-2-3-9-20(18)24-25-21/h1-15,27H,(H,24,25). The van der Waals surface area contributed by atoms with Gasteiger partial charge in [-0.1, -0.05) is 54.6 Å². The molecule has 0 spiro atoms. The van der Waals surface area contributed by atoms with Crippen LogP contribution >= 0.6 is 0 Å². The first kappa shape index (κ1) is 15.5. The zero-order valence-corrected chi connectivity index (χ0v) is 14.5. The number of nitrogens with zero attached hydrogens (tertiary/aromatic N) is 2. The van der Waals surface area contributed by atoms with Crippen LogP contribution in [-0.2, 0) is 0 Å². The monoisotopic (exact) mass is 351 g/mol. The normalized spacial score (nSPS) is 11.7. The maximum absolute atomic E-state index is 10.1. The van der Waals surface area contributed by atoms with E-state index in [4.69, 9.17) is 0 Å². The summed E-state index contributed by atoms with van der Waals surface area (Å²) in [6, 6.07) is 21.8. The molecule has 0 unspecified atom stereocenters. The number of phenolic OH excluding ortho intramolecular Hbond substituents is 1. The second kappa shape index (κ2) is 6.18. The van der Waals surface area contributed by atoms with E-state index < -0.39 is 0 Å². The van der Waals surface area contributed by atoms with Crippen molar-refractivity contribution in [3.05, 3.63) is 90.4 Å². The number of hydrogen-bond donors (Lipinski definition) is 2. The molecule has 2 N–H and O–H groups in total. The lowest BCUT2D eigenvalue weighted by Crippen LogP contribution is -1.92. The van der Waals surface area contributed by atoms with Crippen molar-refractivity contribution in [3.8, 4) is 11.4 Å². The molecule has 2 aromatic heterocycles. The number of aromatic nitrogens is 3. The molecule has 4 nitrogen and oxygen atoms in total. The number of aromatic amines is 1. The highest BCUT2D eigenvalue weighted by molar-refractivity contribution is 5.91. The number of hydrogen-bond acceptors (Lipinski definition) is 2. The van der Waals surface area contributed by atoms with Gasteiger partial charge in [0.25, 0.3) is 0 Å². The summed E-state index contributed by atoms with van der Waals surface area (Å²) in [4.78, 5) is 0. The zero-order valence-electron chi connectivity index (χ0n) is 14.5. The van der Waals surface area contributed by atoms with Gasteiger partial charge in [-0.2, -0.15) is 5.10 Å². The Morgan fingerprint density at radius 3 is 2.59 bits per heavy atom. The number of nitrogens with one attached hydrogen (secondary N) is 1. The molecule has 0 radical (unpaired) electrons. The number of aromatic hydroxyl groups is 1. The third-order valence-electron chi connectivity index (χ3n) is 4.80. The predicted molar refractivity (Wildman–Crippen MR) is 110 cm³/mol. The van der Waals surface area contributed by atoms with Crippen molar-refractivity contribution < 1.29 is 5.11 Å². The molecule has 27 heavy (non-hydrogen) atoms. The summed E-state index contributed by atoms with van der Waals surface area (Å²) < 4.78 is 2.05. The van der Waals surface area contributed by atoms with Gasteiger partial charge in [-0.15, -0.1) is 0 Å². The molecule has 130 valence electrons. The van der Waals surface area contributed by atoms with Crippen LogP contribution in [0, 0.1) is 0 Å². The molecular weight excluding hydrogens is 334 g/mol. The molecule has 0 bridgehead atoms. The van der Waals surface area contributed by atoms with Crippen LogP contribution in [0.1, 0.15) is 11.3 Å². The number of H-pyrrole nitrogens is 1. The van der Waals surface area contributed by atoms with E-state index in [0.29, 0.717) is 5.75 Å². The Kier molecular flexibility index (Phi) is 3.54. The highest BCUT2D eigenvalue weighted by Crippen LogP contribution is 2.28. The zero-order chi connectivity index (χ0) is 18.2. The van der Waals surface area contributed by atoms with Gasteiger partial charge in [0.2, 0.25) is 0 Å². The quantitative estimate of drug-likeness (QED) is 0.458. The fourth-order valence-electron chi connectivity index (χ4n) is 3.43. The van der Waals surface area contributed by atoms with Crippen molar-refractivity contribution in [1.82, 2.24) is 14.8 Å². The van der Waals surface area contributed by atoms with Crippen LogP contribution in [0.15, 0.2) is 79.1 Å². The lowest BCUT2D eigenvalue weighted by atomic mass is 10.1. The number of fused-ring (bicyclic) bond motifs is 2. The molecule has 3 aromatic carbocycles. The fraction of sp³-hybridized carbons (Fsp3) is 0. The van der Waals surface area contributed by atoms with E-state index >= 15 is 0 Å². The summed E-state index contributed by atoms with van der Waals surface area (Å²) in [6.07, 6.45) is 8.09. The highest BCUT2D eigenvalue weighted by atomic mass is 16.3. The molecule has 0 saturated carbocycles. The topological polar surface area (TPSA) is 53.8 Å². The van der Waals surface area contributed by atoms with Gasteiger partial charge in [-0.3, -0.25) is 5.10 Å². The summed E-state index contributed by atoms with van der Waals surface area (Å²) in [5, 5.41) is 20.5. The van der Waals surface area contributed by atoms with Crippen LogP contribution in [0.25, 0.3) is 39.5 Å². The van der Waals surface area contributed by atoms with E-state index in [0.717, 1.165) is 38.6 Å². The lowest BCUT2D eigenvalue weighted by molar-refractivity contribution is 0.481. The van der Waals surface area contributed by atoms with Crippen molar-refractivity contribution in [2.45, 2.75) is 0 Å². The summed E-state index contributed by atoms with van der Waals surface area (Å²) in [6.45, 7) is 0. The van der Waals surface area contributed by atoms with Gasteiger partial charge in [0.15, 0.2) is 0 Å². The number of phenols is 1. The van der Waals surface area contributed by atoms with Crippen molar-refractivity contribution in [3.63, 3.8) is 0 Å². The minimum absolute atomic E-state index is 0.294. The Morgan fingerprint density at radius 2 is 1.67 bits per heavy atom. The molecule has 0 aliphatic carbocycles. The van der Waals surface area contributed by atoms with Gasteiger partial charge in [-0.25, -0.2) is 0 Å². The molecule has 0 fully saturated rings. The Balaban J connectivity index is 1.59. The van der Waals surface area contributed by atoms with Crippen molar-refractivity contribution in [1.29, 1.82) is 0 Å². The Labute approximate surface area is 156 Å². The van der Waals surface area contributed by atoms with Crippen LogP contribution in [0.4, 0.5) is 0 Å². The third-order valence-corrected chi connectivity index (χ3v) is 4.80. The summed E-state index contributed by atoms with van der Waals surface area (Å²) in [5.74, 6) is 0.294. The fourth-order valence-corrected chi connectivity index (χ4v) is 3.43. The second-order valence-corrected chi connectivity index (χ2v) is 6.49. The maximum Gasteiger partial charge on any atom is 0.124 e. The first-order valence-electron chi connectivity index (χ1n) is 8.80. The molecule has 4 heteroatoms. The van der Waals surface area contributed by atoms with Crippen molar-refractivity contribution >= 4 is 33.8 Å². The SMILES string of the molecule is Oc1cccc2cn(-c3ccccc3C=Cc3n[nH]c4ccccc34)cc12. The molecule has 0 aliphatic rings.